The molecule has 19 heavy (non-hydrogen) atoms. The van der Waals surface area contributed by atoms with E-state index in [1.54, 1.807) is 29.4 Å². The number of nitrogens with zero attached hydrogens (tertiary/aromatic N) is 2. The molecule has 1 aromatic heterocycles. The highest BCUT2D eigenvalue weighted by molar-refractivity contribution is 6.30. The molecule has 0 saturated carbocycles. The number of hydrogen-bond donors (Lipinski definition) is 0. The second-order valence-electron chi connectivity index (χ2n) is 4.74. The summed E-state index contributed by atoms with van der Waals surface area (Å²) in [5, 5.41) is 0.675. The highest BCUT2D eigenvalue weighted by atomic mass is 35.5. The van der Waals surface area contributed by atoms with Crippen LogP contribution in [0.15, 0.2) is 42.7 Å². The molecule has 1 aliphatic rings. The zero-order valence-corrected chi connectivity index (χ0v) is 11.3. The van der Waals surface area contributed by atoms with E-state index in [1.165, 1.54) is 0 Å². The number of benzene rings is 1. The van der Waals surface area contributed by atoms with Crippen LogP contribution < -0.4 is 4.90 Å². The van der Waals surface area contributed by atoms with Crippen molar-refractivity contribution in [2.75, 3.05) is 4.90 Å². The van der Waals surface area contributed by atoms with Gasteiger partial charge >= 0.3 is 0 Å². The molecule has 2 heterocycles. The van der Waals surface area contributed by atoms with Gasteiger partial charge in [0.05, 0.1) is 11.9 Å². The molecule has 0 N–H and O–H groups in total. The summed E-state index contributed by atoms with van der Waals surface area (Å²) in [6, 6.07) is 9.29. The fourth-order valence-electron chi connectivity index (χ4n) is 2.55. The van der Waals surface area contributed by atoms with E-state index in [4.69, 9.17) is 11.6 Å². The van der Waals surface area contributed by atoms with Crippen LogP contribution in [0.2, 0.25) is 5.02 Å². The number of anilines is 1. The van der Waals surface area contributed by atoms with Crippen LogP contribution in [0.1, 0.15) is 22.8 Å². The Labute approximate surface area is 116 Å². The van der Waals surface area contributed by atoms with Gasteiger partial charge in [-0.2, -0.15) is 0 Å². The molecule has 0 unspecified atom stereocenters. The Balaban J connectivity index is 2.06. The maximum Gasteiger partial charge on any atom is 0.258 e. The minimum Gasteiger partial charge on any atom is -0.304 e. The molecule has 0 saturated heterocycles. The molecule has 0 fully saturated rings. The first-order valence-electron chi connectivity index (χ1n) is 6.19. The number of halogens is 1. The largest absolute Gasteiger partial charge is 0.304 e. The van der Waals surface area contributed by atoms with Crippen LogP contribution >= 0.6 is 11.6 Å². The van der Waals surface area contributed by atoms with Gasteiger partial charge in [-0.3, -0.25) is 9.78 Å². The normalized spacial score (nSPS) is 18.3. The van der Waals surface area contributed by atoms with Crippen molar-refractivity contribution in [3.63, 3.8) is 0 Å². The molecule has 1 atom stereocenters. The summed E-state index contributed by atoms with van der Waals surface area (Å²) in [6.45, 7) is 2.04. The number of carbonyl (C=O) groups excluding carboxylic acids is 1. The Morgan fingerprint density at radius 1 is 1.37 bits per heavy atom. The number of carbonyl (C=O) groups is 1. The smallest absolute Gasteiger partial charge is 0.258 e. The van der Waals surface area contributed by atoms with Crippen molar-refractivity contribution in [3.05, 3.63) is 58.9 Å². The predicted molar refractivity (Wildman–Crippen MR) is 75.7 cm³/mol. The van der Waals surface area contributed by atoms with E-state index in [1.807, 2.05) is 25.1 Å². The van der Waals surface area contributed by atoms with Crippen molar-refractivity contribution in [1.82, 2.24) is 4.98 Å². The lowest BCUT2D eigenvalue weighted by Gasteiger charge is -2.34. The Morgan fingerprint density at radius 2 is 2.21 bits per heavy atom. The lowest BCUT2D eigenvalue weighted by molar-refractivity contribution is 0.0969. The van der Waals surface area contributed by atoms with Gasteiger partial charge in [0.15, 0.2) is 0 Å². The Hall–Kier alpha value is -1.87. The van der Waals surface area contributed by atoms with E-state index in [2.05, 4.69) is 4.98 Å². The number of pyridine rings is 1. The topological polar surface area (TPSA) is 33.2 Å². The van der Waals surface area contributed by atoms with Crippen molar-refractivity contribution in [1.29, 1.82) is 0 Å². The minimum atomic E-state index is 0.0124. The van der Waals surface area contributed by atoms with Crippen LogP contribution in [0.3, 0.4) is 0 Å². The van der Waals surface area contributed by atoms with Crippen LogP contribution in [0.4, 0.5) is 5.69 Å². The highest BCUT2D eigenvalue weighted by Crippen LogP contribution is 2.29. The third-order valence-corrected chi connectivity index (χ3v) is 3.63. The Morgan fingerprint density at radius 3 is 2.95 bits per heavy atom. The monoisotopic (exact) mass is 272 g/mol. The lowest BCUT2D eigenvalue weighted by Crippen LogP contribution is -2.44. The number of amides is 1. The standard InChI is InChI=1S/C15H13ClN2O/c1-10-7-11-8-12(16)4-5-14(11)15(19)18(10)13-3-2-6-17-9-13/h2-6,8-10H,7H2,1H3/t10-/m0/s1. The molecular weight excluding hydrogens is 260 g/mol. The Kier molecular flexibility index (Phi) is 2.99. The third kappa shape index (κ3) is 2.10. The van der Waals surface area contributed by atoms with Crippen LogP contribution in [-0.2, 0) is 6.42 Å². The second-order valence-corrected chi connectivity index (χ2v) is 5.18. The number of hydrogen-bond acceptors (Lipinski definition) is 2. The molecule has 2 aromatic rings. The summed E-state index contributed by atoms with van der Waals surface area (Å²) in [5.74, 6) is 0.0124. The molecule has 3 nitrogen and oxygen atoms in total. The molecule has 0 aliphatic carbocycles. The van der Waals surface area contributed by atoms with Crippen molar-refractivity contribution >= 4 is 23.2 Å². The first kappa shape index (κ1) is 12.2. The second kappa shape index (κ2) is 4.67. The molecule has 4 heteroatoms. The van der Waals surface area contributed by atoms with E-state index in [-0.39, 0.29) is 11.9 Å². The summed E-state index contributed by atoms with van der Waals surface area (Å²) in [4.78, 5) is 18.5. The fourth-order valence-corrected chi connectivity index (χ4v) is 2.74. The molecule has 1 aliphatic heterocycles. The first-order chi connectivity index (χ1) is 9.16. The predicted octanol–water partition coefficient (Wildman–Crippen LogP) is 3.33. The third-order valence-electron chi connectivity index (χ3n) is 3.40. The quantitative estimate of drug-likeness (QED) is 0.798. The van der Waals surface area contributed by atoms with E-state index >= 15 is 0 Å². The summed E-state index contributed by atoms with van der Waals surface area (Å²) in [6.07, 6.45) is 4.22. The van der Waals surface area contributed by atoms with Crippen molar-refractivity contribution < 1.29 is 4.79 Å². The minimum absolute atomic E-state index is 0.0124. The molecule has 3 rings (SSSR count). The maximum atomic E-state index is 12.6. The van der Waals surface area contributed by atoms with Gasteiger partial charge in [-0.1, -0.05) is 11.6 Å². The van der Waals surface area contributed by atoms with Crippen LogP contribution in [0, 0.1) is 0 Å². The van der Waals surface area contributed by atoms with E-state index in [9.17, 15) is 4.79 Å². The van der Waals surface area contributed by atoms with Crippen molar-refractivity contribution in [2.45, 2.75) is 19.4 Å². The molecular formula is C15H13ClN2O. The van der Waals surface area contributed by atoms with Gasteiger partial charge < -0.3 is 4.90 Å². The molecule has 0 spiro atoms. The van der Waals surface area contributed by atoms with Crippen molar-refractivity contribution in [2.24, 2.45) is 0 Å². The van der Waals surface area contributed by atoms with Gasteiger partial charge in [0.25, 0.3) is 5.91 Å². The molecule has 1 aromatic carbocycles. The fraction of sp³-hybridized carbons (Fsp3) is 0.200. The average Bonchev–Trinajstić information content (AvgIpc) is 2.39. The van der Waals surface area contributed by atoms with Crippen LogP contribution in [-0.4, -0.2) is 16.9 Å². The zero-order valence-electron chi connectivity index (χ0n) is 10.5. The van der Waals surface area contributed by atoms with Crippen LogP contribution in [0.25, 0.3) is 0 Å². The van der Waals surface area contributed by atoms with Gasteiger partial charge in [-0.25, -0.2) is 0 Å². The number of aromatic nitrogens is 1. The highest BCUT2D eigenvalue weighted by Gasteiger charge is 2.30. The van der Waals surface area contributed by atoms with Gasteiger partial charge in [0.1, 0.15) is 0 Å². The van der Waals surface area contributed by atoms with E-state index in [0.717, 1.165) is 23.2 Å². The number of fused-ring (bicyclic) bond motifs is 1. The average molecular weight is 273 g/mol. The summed E-state index contributed by atoms with van der Waals surface area (Å²) in [5.41, 5.74) is 2.58. The number of rotatable bonds is 1. The van der Waals surface area contributed by atoms with Gasteiger partial charge in [0.2, 0.25) is 0 Å². The molecule has 0 radical (unpaired) electrons. The van der Waals surface area contributed by atoms with Crippen molar-refractivity contribution in [3.8, 4) is 0 Å². The van der Waals surface area contributed by atoms with Gasteiger partial charge in [-0.05, 0) is 49.2 Å². The van der Waals surface area contributed by atoms with Crippen LogP contribution in [0.5, 0.6) is 0 Å². The maximum absolute atomic E-state index is 12.6. The summed E-state index contributed by atoms with van der Waals surface area (Å²) >= 11 is 5.99. The Bertz CT molecular complexity index is 627. The molecule has 1 amide bonds. The molecule has 96 valence electrons. The van der Waals surface area contributed by atoms with Gasteiger partial charge in [-0.15, -0.1) is 0 Å². The van der Waals surface area contributed by atoms with E-state index < -0.39 is 0 Å². The zero-order chi connectivity index (χ0) is 13.4. The lowest BCUT2D eigenvalue weighted by atomic mass is 9.94. The van der Waals surface area contributed by atoms with Gasteiger partial charge in [0, 0.05) is 22.8 Å². The molecule has 0 bridgehead atoms. The summed E-state index contributed by atoms with van der Waals surface area (Å²) in [7, 11) is 0. The summed E-state index contributed by atoms with van der Waals surface area (Å²) < 4.78 is 0. The SMILES string of the molecule is C[C@H]1Cc2cc(Cl)ccc2C(=O)N1c1cccnc1. The first-order valence-corrected chi connectivity index (χ1v) is 6.56. The van der Waals surface area contributed by atoms with E-state index in [0.29, 0.717) is 5.02 Å².